The van der Waals surface area contributed by atoms with Gasteiger partial charge in [0.15, 0.2) is 9.84 Å². The average Bonchev–Trinajstić information content (AvgIpc) is 2.84. The predicted octanol–water partition coefficient (Wildman–Crippen LogP) is -0.0375. The normalized spacial score (nSPS) is 17.6. The fourth-order valence-electron chi connectivity index (χ4n) is 1.74. The van der Waals surface area contributed by atoms with E-state index in [4.69, 9.17) is 5.11 Å². The van der Waals surface area contributed by atoms with Crippen molar-refractivity contribution < 1.29 is 18.3 Å². The minimum Gasteiger partial charge on any atom is -0.384 e. The highest BCUT2D eigenvalue weighted by Crippen LogP contribution is 2.17. The lowest BCUT2D eigenvalue weighted by molar-refractivity contribution is 0.0771. The minimum atomic E-state index is -2.98. The van der Waals surface area contributed by atoms with E-state index in [9.17, 15) is 13.2 Å². The van der Waals surface area contributed by atoms with Crippen molar-refractivity contribution >= 4 is 27.1 Å². The molecule has 1 amide bonds. The van der Waals surface area contributed by atoms with Gasteiger partial charge in [0, 0.05) is 18.5 Å². The topological polar surface area (TPSA) is 74.7 Å². The molecule has 0 spiro atoms. The molecule has 19 heavy (non-hydrogen) atoms. The number of aliphatic hydroxyl groups excluding tert-OH is 1. The van der Waals surface area contributed by atoms with Gasteiger partial charge in [0.05, 0.1) is 21.9 Å². The summed E-state index contributed by atoms with van der Waals surface area (Å²) in [4.78, 5) is 14.4. The van der Waals surface area contributed by atoms with Crippen molar-refractivity contribution in [2.45, 2.75) is 0 Å². The number of hydrogen-bond donors (Lipinski definition) is 1. The number of amides is 1. The van der Waals surface area contributed by atoms with E-state index in [2.05, 4.69) is 11.8 Å². The summed E-state index contributed by atoms with van der Waals surface area (Å²) < 4.78 is 22.6. The highest BCUT2D eigenvalue weighted by molar-refractivity contribution is 7.91. The highest BCUT2D eigenvalue weighted by Gasteiger charge is 2.26. The molecule has 1 saturated heterocycles. The number of rotatable bonds is 1. The Morgan fingerprint density at radius 1 is 1.42 bits per heavy atom. The van der Waals surface area contributed by atoms with E-state index < -0.39 is 9.84 Å². The Kier molecular flexibility index (Phi) is 4.24. The van der Waals surface area contributed by atoms with E-state index >= 15 is 0 Å². The Morgan fingerprint density at radius 3 is 2.74 bits per heavy atom. The lowest BCUT2D eigenvalue weighted by Crippen LogP contribution is -2.43. The molecule has 102 valence electrons. The number of sulfone groups is 1. The molecule has 1 aromatic heterocycles. The lowest BCUT2D eigenvalue weighted by Gasteiger charge is -2.26. The van der Waals surface area contributed by atoms with E-state index in [0.29, 0.717) is 10.4 Å². The summed E-state index contributed by atoms with van der Waals surface area (Å²) >= 11 is 1.33. The second-order valence-electron chi connectivity index (χ2n) is 4.10. The summed E-state index contributed by atoms with van der Waals surface area (Å²) in [6.07, 6.45) is 0. The van der Waals surface area contributed by atoms with E-state index in [-0.39, 0.29) is 37.1 Å². The van der Waals surface area contributed by atoms with Crippen LogP contribution in [0.4, 0.5) is 0 Å². The van der Waals surface area contributed by atoms with Gasteiger partial charge in [-0.3, -0.25) is 4.79 Å². The second-order valence-corrected chi connectivity index (χ2v) is 7.32. The van der Waals surface area contributed by atoms with E-state index in [1.165, 1.54) is 11.3 Å². The first-order valence-electron chi connectivity index (χ1n) is 5.70. The van der Waals surface area contributed by atoms with Gasteiger partial charge in [-0.1, -0.05) is 11.8 Å². The van der Waals surface area contributed by atoms with Crippen LogP contribution < -0.4 is 0 Å². The monoisotopic (exact) mass is 299 g/mol. The Balaban J connectivity index is 2.06. The number of hydrogen-bond acceptors (Lipinski definition) is 5. The zero-order valence-electron chi connectivity index (χ0n) is 10.1. The van der Waals surface area contributed by atoms with Crippen molar-refractivity contribution in [3.63, 3.8) is 0 Å². The molecule has 0 aromatic carbocycles. The molecule has 1 aliphatic rings. The molecule has 2 rings (SSSR count). The zero-order valence-corrected chi connectivity index (χ0v) is 11.8. The fourth-order valence-corrected chi connectivity index (χ4v) is 3.69. The van der Waals surface area contributed by atoms with Crippen LogP contribution in [-0.4, -0.2) is 55.5 Å². The van der Waals surface area contributed by atoms with Crippen LogP contribution in [0.5, 0.6) is 0 Å². The summed E-state index contributed by atoms with van der Waals surface area (Å²) in [5.41, 5.74) is 0.520. The summed E-state index contributed by atoms with van der Waals surface area (Å²) in [5.74, 6) is 5.15. The first-order valence-corrected chi connectivity index (χ1v) is 8.40. The van der Waals surface area contributed by atoms with Crippen LogP contribution in [0, 0.1) is 11.8 Å². The second kappa shape index (κ2) is 5.74. The number of carbonyl (C=O) groups is 1. The maximum absolute atomic E-state index is 12.1. The van der Waals surface area contributed by atoms with Crippen molar-refractivity contribution in [2.24, 2.45) is 0 Å². The first-order chi connectivity index (χ1) is 9.02. The van der Waals surface area contributed by atoms with Gasteiger partial charge in [-0.15, -0.1) is 11.3 Å². The molecule has 1 aliphatic heterocycles. The molecule has 1 fully saturated rings. The Morgan fingerprint density at radius 2 is 2.11 bits per heavy atom. The van der Waals surface area contributed by atoms with Crippen molar-refractivity contribution in [3.05, 3.63) is 21.9 Å². The molecule has 2 heterocycles. The van der Waals surface area contributed by atoms with Gasteiger partial charge in [0.2, 0.25) is 0 Å². The molecular weight excluding hydrogens is 286 g/mol. The Labute approximate surface area is 115 Å². The average molecular weight is 299 g/mol. The van der Waals surface area contributed by atoms with Gasteiger partial charge >= 0.3 is 0 Å². The largest absolute Gasteiger partial charge is 0.384 e. The van der Waals surface area contributed by atoms with Crippen LogP contribution in [0.2, 0.25) is 0 Å². The third-order valence-corrected chi connectivity index (χ3v) is 5.22. The third kappa shape index (κ3) is 3.56. The standard InChI is InChI=1S/C12H13NO4S2/c14-5-1-2-11-8-10(9-18-11)12(15)13-3-6-19(16,17)7-4-13/h8-9,14H,3-7H2. The summed E-state index contributed by atoms with van der Waals surface area (Å²) in [6.45, 7) is 0.272. The molecule has 1 aromatic rings. The van der Waals surface area contributed by atoms with Crippen LogP contribution in [0.3, 0.4) is 0 Å². The minimum absolute atomic E-state index is 0.0278. The molecule has 0 radical (unpaired) electrons. The molecular formula is C12H13NO4S2. The smallest absolute Gasteiger partial charge is 0.254 e. The first kappa shape index (κ1) is 14.1. The third-order valence-electron chi connectivity index (χ3n) is 2.77. The number of nitrogens with zero attached hydrogens (tertiary/aromatic N) is 1. The van der Waals surface area contributed by atoms with E-state index in [1.54, 1.807) is 16.3 Å². The molecule has 5 nitrogen and oxygen atoms in total. The van der Waals surface area contributed by atoms with Gasteiger partial charge in [-0.05, 0) is 6.07 Å². The molecule has 0 atom stereocenters. The van der Waals surface area contributed by atoms with Crippen molar-refractivity contribution in [2.75, 3.05) is 31.2 Å². The maximum Gasteiger partial charge on any atom is 0.254 e. The van der Waals surface area contributed by atoms with Gasteiger partial charge in [-0.25, -0.2) is 8.42 Å². The Bertz CT molecular complexity index is 622. The maximum atomic E-state index is 12.1. The number of carbonyl (C=O) groups excluding carboxylic acids is 1. The van der Waals surface area contributed by atoms with Crippen molar-refractivity contribution in [1.29, 1.82) is 0 Å². The molecule has 0 unspecified atom stereocenters. The fraction of sp³-hybridized carbons (Fsp3) is 0.417. The van der Waals surface area contributed by atoms with E-state index in [1.807, 2.05) is 0 Å². The highest BCUT2D eigenvalue weighted by atomic mass is 32.2. The molecule has 1 N–H and O–H groups in total. The van der Waals surface area contributed by atoms with Gasteiger partial charge in [0.1, 0.15) is 6.61 Å². The van der Waals surface area contributed by atoms with Crippen LogP contribution in [0.15, 0.2) is 11.4 Å². The number of thiophene rings is 1. The molecule has 0 saturated carbocycles. The molecule has 7 heteroatoms. The van der Waals surface area contributed by atoms with Crippen LogP contribution >= 0.6 is 11.3 Å². The van der Waals surface area contributed by atoms with Gasteiger partial charge in [0.25, 0.3) is 5.91 Å². The van der Waals surface area contributed by atoms with Crippen LogP contribution in [0.25, 0.3) is 0 Å². The van der Waals surface area contributed by atoms with Crippen LogP contribution in [0.1, 0.15) is 15.2 Å². The van der Waals surface area contributed by atoms with E-state index in [0.717, 1.165) is 0 Å². The zero-order chi connectivity index (χ0) is 13.9. The van der Waals surface area contributed by atoms with Crippen molar-refractivity contribution in [1.82, 2.24) is 4.90 Å². The Hall–Kier alpha value is -1.36. The summed E-state index contributed by atoms with van der Waals surface area (Å²) in [5, 5.41) is 10.3. The quantitative estimate of drug-likeness (QED) is 0.739. The molecule has 0 aliphatic carbocycles. The molecule has 0 bridgehead atoms. The number of aliphatic hydroxyl groups is 1. The van der Waals surface area contributed by atoms with Crippen molar-refractivity contribution in [3.8, 4) is 11.8 Å². The lowest BCUT2D eigenvalue weighted by atomic mass is 10.2. The van der Waals surface area contributed by atoms with Gasteiger partial charge in [-0.2, -0.15) is 0 Å². The SMILES string of the molecule is O=C(c1csc(C#CCO)c1)N1CCS(=O)(=O)CC1. The van der Waals surface area contributed by atoms with Gasteiger partial charge < -0.3 is 10.0 Å². The predicted molar refractivity (Wildman–Crippen MR) is 72.8 cm³/mol. The van der Waals surface area contributed by atoms with Crippen LogP contribution in [-0.2, 0) is 9.84 Å². The summed E-state index contributed by atoms with van der Waals surface area (Å²) in [6, 6.07) is 1.67. The summed E-state index contributed by atoms with van der Waals surface area (Å²) in [7, 11) is -2.98.